The van der Waals surface area contributed by atoms with Gasteiger partial charge in [0, 0.05) is 11.8 Å². The molecule has 1 atom stereocenters. The molecule has 0 saturated carbocycles. The monoisotopic (exact) mass is 290 g/mol. The number of H-pyrrole nitrogens is 1. The number of fused-ring (bicyclic) bond motifs is 1. The number of nitrogens with one attached hydrogen (secondary N) is 1. The summed E-state index contributed by atoms with van der Waals surface area (Å²) in [6.45, 7) is 1.50. The summed E-state index contributed by atoms with van der Waals surface area (Å²) < 4.78 is 13.1. The summed E-state index contributed by atoms with van der Waals surface area (Å²) in [6.07, 6.45) is 4.56. The van der Waals surface area contributed by atoms with E-state index in [1.807, 2.05) is 0 Å². The fourth-order valence-corrected chi connectivity index (χ4v) is 2.64. The minimum Gasteiger partial charge on any atom is -0.366 e. The highest BCUT2D eigenvalue weighted by Crippen LogP contribution is 2.33. The molecule has 20 heavy (non-hydrogen) atoms. The summed E-state index contributed by atoms with van der Waals surface area (Å²) in [5.41, 5.74) is 6.91. The molecule has 3 aromatic rings. The number of hydrogen-bond acceptors (Lipinski definition) is 6. The van der Waals surface area contributed by atoms with Crippen LogP contribution < -0.4 is 5.73 Å². The molecule has 0 bridgehead atoms. The average Bonchev–Trinajstić information content (AvgIpc) is 3.05. The number of hydrogen-bond donors (Lipinski definition) is 2. The number of amides is 1. The van der Waals surface area contributed by atoms with Crippen LogP contribution in [0.1, 0.15) is 10.4 Å². The molecular formula is C10H9N7O2P+. The molecule has 0 fully saturated rings. The van der Waals surface area contributed by atoms with E-state index in [1.54, 1.807) is 6.20 Å². The zero-order chi connectivity index (χ0) is 14.3. The second kappa shape index (κ2) is 4.46. The third-order valence-electron chi connectivity index (χ3n) is 2.82. The highest BCUT2D eigenvalue weighted by Gasteiger charge is 2.26. The number of nitrogens with zero attached hydrogens (tertiary/aromatic N) is 5. The largest absolute Gasteiger partial charge is 0.464 e. The van der Waals surface area contributed by atoms with E-state index in [0.29, 0.717) is 22.3 Å². The van der Waals surface area contributed by atoms with Crippen LogP contribution in [0.5, 0.6) is 0 Å². The molecule has 3 aromatic heterocycles. The Balaban J connectivity index is 2.44. The molecule has 100 valence electrons. The first kappa shape index (κ1) is 12.4. The van der Waals surface area contributed by atoms with Gasteiger partial charge in [-0.3, -0.25) is 9.89 Å². The lowest BCUT2D eigenvalue weighted by Crippen LogP contribution is -2.10. The summed E-state index contributed by atoms with van der Waals surface area (Å²) in [5.74, 6) is -0.648. The molecule has 10 heteroatoms. The van der Waals surface area contributed by atoms with Crippen molar-refractivity contribution in [2.45, 2.75) is 0 Å². The van der Waals surface area contributed by atoms with Gasteiger partial charge in [-0.15, -0.1) is 14.5 Å². The first-order chi connectivity index (χ1) is 9.59. The summed E-state index contributed by atoms with van der Waals surface area (Å²) in [4.78, 5) is 11.6. The molecule has 0 aromatic carbocycles. The maximum Gasteiger partial charge on any atom is 0.464 e. The average molecular weight is 290 g/mol. The maximum absolute atomic E-state index is 11.7. The predicted octanol–water partition coefficient (Wildman–Crippen LogP) is 0.536. The SMILES string of the molecule is C[P+](=O)n1cc(C(N)=O)c2c(-c3cn[nH]c3)nnnc21. The van der Waals surface area contributed by atoms with Crippen LogP contribution in [-0.4, -0.2) is 42.5 Å². The van der Waals surface area contributed by atoms with Crippen molar-refractivity contribution in [3.05, 3.63) is 24.2 Å². The third-order valence-corrected chi connectivity index (χ3v) is 3.73. The minimum atomic E-state index is -1.76. The van der Waals surface area contributed by atoms with Crippen LogP contribution in [0.3, 0.4) is 0 Å². The van der Waals surface area contributed by atoms with Crippen LogP contribution in [0.25, 0.3) is 22.3 Å². The predicted molar refractivity (Wildman–Crippen MR) is 70.4 cm³/mol. The van der Waals surface area contributed by atoms with Crippen molar-refractivity contribution in [3.8, 4) is 11.3 Å². The fraction of sp³-hybridized carbons (Fsp3) is 0.100. The van der Waals surface area contributed by atoms with Gasteiger partial charge < -0.3 is 5.73 Å². The second-order valence-electron chi connectivity index (χ2n) is 4.04. The van der Waals surface area contributed by atoms with Crippen molar-refractivity contribution in [1.29, 1.82) is 0 Å². The van der Waals surface area contributed by atoms with E-state index in [4.69, 9.17) is 5.73 Å². The van der Waals surface area contributed by atoms with Gasteiger partial charge in [0.2, 0.25) is 5.65 Å². The molecule has 3 N–H and O–H groups in total. The number of nitrogens with two attached hydrogens (primary N) is 1. The lowest BCUT2D eigenvalue weighted by Gasteiger charge is -1.98. The van der Waals surface area contributed by atoms with E-state index in [-0.39, 0.29) is 5.56 Å². The van der Waals surface area contributed by atoms with Crippen molar-refractivity contribution in [2.75, 3.05) is 6.66 Å². The van der Waals surface area contributed by atoms with Gasteiger partial charge in [0.1, 0.15) is 5.69 Å². The lowest BCUT2D eigenvalue weighted by molar-refractivity contribution is 0.100. The quantitative estimate of drug-likeness (QED) is 0.676. The highest BCUT2D eigenvalue weighted by atomic mass is 31.1. The van der Waals surface area contributed by atoms with E-state index in [1.165, 1.54) is 23.4 Å². The van der Waals surface area contributed by atoms with Gasteiger partial charge in [-0.1, -0.05) is 0 Å². The zero-order valence-corrected chi connectivity index (χ0v) is 11.2. The number of aromatic amines is 1. The van der Waals surface area contributed by atoms with Gasteiger partial charge in [0.15, 0.2) is 6.66 Å². The summed E-state index contributed by atoms with van der Waals surface area (Å²) in [5, 5.41) is 18.3. The zero-order valence-electron chi connectivity index (χ0n) is 10.3. The van der Waals surface area contributed by atoms with E-state index in [0.717, 1.165) is 0 Å². The minimum absolute atomic E-state index is 0.198. The van der Waals surface area contributed by atoms with Gasteiger partial charge in [-0.25, -0.2) is 0 Å². The van der Waals surface area contributed by atoms with Crippen LogP contribution >= 0.6 is 7.95 Å². The Bertz CT molecular complexity index is 824. The second-order valence-corrected chi connectivity index (χ2v) is 5.40. The molecule has 9 nitrogen and oxygen atoms in total. The van der Waals surface area contributed by atoms with Crippen molar-refractivity contribution in [2.24, 2.45) is 5.73 Å². The number of rotatable bonds is 3. The summed E-state index contributed by atoms with van der Waals surface area (Å²) >= 11 is 0. The van der Waals surface area contributed by atoms with E-state index in [2.05, 4.69) is 25.6 Å². The summed E-state index contributed by atoms with van der Waals surface area (Å²) in [6, 6.07) is 0. The molecule has 0 spiro atoms. The smallest absolute Gasteiger partial charge is 0.366 e. The van der Waals surface area contributed by atoms with Crippen LogP contribution in [0, 0.1) is 0 Å². The molecule has 0 radical (unpaired) electrons. The highest BCUT2D eigenvalue weighted by molar-refractivity contribution is 7.42. The summed E-state index contributed by atoms with van der Waals surface area (Å²) in [7, 11) is -1.76. The van der Waals surface area contributed by atoms with E-state index in [9.17, 15) is 9.36 Å². The molecule has 1 unspecified atom stereocenters. The standard InChI is InChI=1S/C10H8N7O2P/c1-20(19)17-4-6(9(11)18)7-8(5-2-12-13-3-5)14-16-15-10(7)17/h2-4H,1H3,(H2-,11,12,13,14,15,18)/p+1. The van der Waals surface area contributed by atoms with Crippen LogP contribution in [0.4, 0.5) is 0 Å². The Morgan fingerprint density at radius 2 is 2.25 bits per heavy atom. The first-order valence-corrected chi connectivity index (χ1v) is 7.20. The van der Waals surface area contributed by atoms with Gasteiger partial charge >= 0.3 is 7.95 Å². The molecule has 3 rings (SSSR count). The Kier molecular flexibility index (Phi) is 2.76. The van der Waals surface area contributed by atoms with E-state index < -0.39 is 13.9 Å². The van der Waals surface area contributed by atoms with Gasteiger partial charge in [-0.2, -0.15) is 5.10 Å². The Morgan fingerprint density at radius 3 is 2.85 bits per heavy atom. The number of aromatic nitrogens is 6. The van der Waals surface area contributed by atoms with Crippen molar-refractivity contribution in [1.82, 2.24) is 29.9 Å². The molecule has 1 amide bonds. The normalized spacial score (nSPS) is 11.8. The van der Waals surface area contributed by atoms with Gasteiger partial charge in [0.25, 0.3) is 5.91 Å². The number of primary amides is 1. The molecule has 0 aliphatic rings. The van der Waals surface area contributed by atoms with Crippen molar-refractivity contribution >= 4 is 24.9 Å². The van der Waals surface area contributed by atoms with E-state index >= 15 is 0 Å². The topological polar surface area (TPSA) is 132 Å². The first-order valence-electron chi connectivity index (χ1n) is 5.54. The molecule has 3 heterocycles. The van der Waals surface area contributed by atoms with Crippen molar-refractivity contribution in [3.63, 3.8) is 0 Å². The fourth-order valence-electron chi connectivity index (χ4n) is 1.96. The van der Waals surface area contributed by atoms with Crippen LogP contribution in [0.15, 0.2) is 18.6 Å². The number of carbonyl (C=O) groups excluding carboxylic acids is 1. The molecular weight excluding hydrogens is 281 g/mol. The van der Waals surface area contributed by atoms with Crippen LogP contribution in [-0.2, 0) is 4.57 Å². The maximum atomic E-state index is 11.7. The van der Waals surface area contributed by atoms with Gasteiger partial charge in [-0.05, 0) is 9.78 Å². The Hall–Kier alpha value is -2.67. The van der Waals surface area contributed by atoms with Gasteiger partial charge in [0.05, 0.1) is 23.3 Å². The molecule has 0 saturated heterocycles. The third kappa shape index (κ3) is 1.76. The number of carbonyl (C=O) groups is 1. The Labute approximate surface area is 113 Å². The van der Waals surface area contributed by atoms with Crippen LogP contribution in [0.2, 0.25) is 0 Å². The molecule has 0 aliphatic heterocycles. The lowest BCUT2D eigenvalue weighted by atomic mass is 10.1. The van der Waals surface area contributed by atoms with Crippen molar-refractivity contribution < 1.29 is 9.36 Å². The Morgan fingerprint density at radius 1 is 1.45 bits per heavy atom. The molecule has 0 aliphatic carbocycles.